The molecule has 0 aromatic heterocycles. The van der Waals surface area contributed by atoms with Crippen LogP contribution in [-0.4, -0.2) is 45.5 Å². The van der Waals surface area contributed by atoms with Gasteiger partial charge in [-0.3, -0.25) is 9.78 Å². The van der Waals surface area contributed by atoms with Crippen molar-refractivity contribution in [3.8, 4) is 0 Å². The number of rotatable bonds is 16. The molecule has 38 heavy (non-hydrogen) atoms. The van der Waals surface area contributed by atoms with Gasteiger partial charge in [0.15, 0.2) is 0 Å². The molecule has 0 spiro atoms. The highest BCUT2D eigenvalue weighted by molar-refractivity contribution is 5.91. The summed E-state index contributed by atoms with van der Waals surface area (Å²) in [6.45, 7) is 26.1. The van der Waals surface area contributed by atoms with Crippen molar-refractivity contribution in [3.05, 3.63) is 12.2 Å². The van der Waals surface area contributed by atoms with Gasteiger partial charge >= 0.3 is 11.9 Å². The standard InChI is InChI=1S/C28H52O10/c1-23(2,3)33-37-27(11,12)19-17-25(7,8)35-31-21(29)15-16-22(30)32-36-26(9,10)18-20-28(13,14)38-34-24(4,5)6/h15-16H,17-20H2,1-14H3/b16-15+. The monoisotopic (exact) mass is 548 g/mol. The maximum Gasteiger partial charge on any atom is 0.366 e. The van der Waals surface area contributed by atoms with Crippen LogP contribution in [0.2, 0.25) is 0 Å². The number of carbonyl (C=O) groups is 2. The van der Waals surface area contributed by atoms with Crippen LogP contribution in [0.5, 0.6) is 0 Å². The normalized spacial score (nSPS) is 14.2. The highest BCUT2D eigenvalue weighted by atomic mass is 17.2. The van der Waals surface area contributed by atoms with E-state index in [1.807, 2.05) is 69.2 Å². The first-order valence-electron chi connectivity index (χ1n) is 13.0. The van der Waals surface area contributed by atoms with Crippen LogP contribution in [0.4, 0.5) is 0 Å². The fourth-order valence-corrected chi connectivity index (χ4v) is 2.35. The van der Waals surface area contributed by atoms with E-state index in [0.29, 0.717) is 25.7 Å². The Morgan fingerprint density at radius 1 is 0.421 bits per heavy atom. The van der Waals surface area contributed by atoms with Crippen LogP contribution in [0.3, 0.4) is 0 Å². The Labute approximate surface area is 229 Å². The molecule has 0 aliphatic heterocycles. The van der Waals surface area contributed by atoms with Crippen molar-refractivity contribution in [1.82, 2.24) is 0 Å². The summed E-state index contributed by atoms with van der Waals surface area (Å²) >= 11 is 0. The Morgan fingerprint density at radius 2 is 0.658 bits per heavy atom. The number of carbonyl (C=O) groups excluding carboxylic acids is 2. The predicted molar refractivity (Wildman–Crippen MR) is 142 cm³/mol. The molecule has 0 unspecified atom stereocenters. The first kappa shape index (κ1) is 36.4. The average Bonchev–Trinajstić information content (AvgIpc) is 2.75. The lowest BCUT2D eigenvalue weighted by Crippen LogP contribution is -2.34. The van der Waals surface area contributed by atoms with Crippen LogP contribution < -0.4 is 0 Å². The van der Waals surface area contributed by atoms with Crippen molar-refractivity contribution < 1.29 is 48.7 Å². The van der Waals surface area contributed by atoms with Gasteiger partial charge in [-0.1, -0.05) is 0 Å². The summed E-state index contributed by atoms with van der Waals surface area (Å²) in [6, 6.07) is 0. The molecular weight excluding hydrogens is 496 g/mol. The minimum absolute atomic E-state index is 0.430. The topological polar surface area (TPSA) is 108 Å². The summed E-state index contributed by atoms with van der Waals surface area (Å²) in [7, 11) is 0. The summed E-state index contributed by atoms with van der Waals surface area (Å²) in [5, 5.41) is 0. The van der Waals surface area contributed by atoms with Gasteiger partial charge in [-0.15, -0.1) is 0 Å². The minimum Gasteiger partial charge on any atom is -0.293 e. The van der Waals surface area contributed by atoms with Crippen molar-refractivity contribution in [2.24, 2.45) is 0 Å². The molecule has 0 heterocycles. The molecule has 0 amide bonds. The molecule has 0 saturated heterocycles. The van der Waals surface area contributed by atoms with Gasteiger partial charge < -0.3 is 0 Å². The molecule has 0 radical (unpaired) electrons. The highest BCUT2D eigenvalue weighted by Gasteiger charge is 2.31. The fraction of sp³-hybridized carbons (Fsp3) is 0.857. The summed E-state index contributed by atoms with van der Waals surface area (Å²) < 4.78 is 0. The smallest absolute Gasteiger partial charge is 0.293 e. The zero-order chi connectivity index (χ0) is 30.1. The molecule has 10 heteroatoms. The molecular formula is C28H52O10. The van der Waals surface area contributed by atoms with E-state index in [9.17, 15) is 9.59 Å². The molecule has 0 bridgehead atoms. The SMILES string of the molecule is CC(C)(C)OOC(C)(C)CCC(C)(C)OOC(=O)/C=C/C(=O)OOC(C)(C)CCC(C)(C)OOC(C)(C)C. The molecule has 0 aromatic rings. The van der Waals surface area contributed by atoms with E-state index in [-0.39, 0.29) is 0 Å². The van der Waals surface area contributed by atoms with Crippen LogP contribution in [0.1, 0.15) is 123 Å². The Balaban J connectivity index is 4.50. The van der Waals surface area contributed by atoms with E-state index in [4.69, 9.17) is 39.1 Å². The van der Waals surface area contributed by atoms with Crippen molar-refractivity contribution >= 4 is 11.9 Å². The van der Waals surface area contributed by atoms with Crippen LogP contribution in [0.25, 0.3) is 0 Å². The fourth-order valence-electron chi connectivity index (χ4n) is 2.35. The lowest BCUT2D eigenvalue weighted by Gasteiger charge is -2.31. The molecule has 0 aromatic carbocycles. The second-order valence-electron chi connectivity index (χ2n) is 13.9. The number of hydrogen-bond acceptors (Lipinski definition) is 10. The summed E-state index contributed by atoms with van der Waals surface area (Å²) in [5.41, 5.74) is -3.60. The summed E-state index contributed by atoms with van der Waals surface area (Å²) in [6.07, 6.45) is 3.99. The van der Waals surface area contributed by atoms with Crippen LogP contribution in [-0.2, 0) is 48.7 Å². The van der Waals surface area contributed by atoms with E-state index in [1.165, 1.54) is 0 Å². The van der Waals surface area contributed by atoms with Crippen LogP contribution in [0.15, 0.2) is 12.2 Å². The Kier molecular flexibility index (Phi) is 13.6. The molecule has 0 atom stereocenters. The Hall–Kier alpha value is -1.56. The van der Waals surface area contributed by atoms with Gasteiger partial charge in [0.2, 0.25) is 0 Å². The number of hydrogen-bond donors (Lipinski definition) is 0. The molecule has 0 saturated carbocycles. The van der Waals surface area contributed by atoms with E-state index in [1.54, 1.807) is 27.7 Å². The quantitative estimate of drug-likeness (QED) is 0.118. The van der Waals surface area contributed by atoms with Gasteiger partial charge in [-0.25, -0.2) is 29.1 Å². The van der Waals surface area contributed by atoms with E-state index >= 15 is 0 Å². The van der Waals surface area contributed by atoms with Gasteiger partial charge in [0.25, 0.3) is 0 Å². The third kappa shape index (κ3) is 20.4. The lowest BCUT2D eigenvalue weighted by molar-refractivity contribution is -0.400. The van der Waals surface area contributed by atoms with Crippen molar-refractivity contribution in [3.63, 3.8) is 0 Å². The zero-order valence-corrected chi connectivity index (χ0v) is 26.1. The molecule has 224 valence electrons. The van der Waals surface area contributed by atoms with Crippen molar-refractivity contribution in [2.75, 3.05) is 0 Å². The molecule has 0 rings (SSSR count). The minimum atomic E-state index is -0.862. The van der Waals surface area contributed by atoms with Gasteiger partial charge in [-0.2, -0.15) is 9.78 Å². The largest absolute Gasteiger partial charge is 0.366 e. The van der Waals surface area contributed by atoms with Gasteiger partial charge in [0.1, 0.15) is 11.2 Å². The van der Waals surface area contributed by atoms with E-state index in [0.717, 1.165) is 12.2 Å². The molecule has 0 aliphatic carbocycles. The van der Waals surface area contributed by atoms with Gasteiger partial charge in [0.05, 0.1) is 22.4 Å². The second-order valence-corrected chi connectivity index (χ2v) is 13.9. The second kappa shape index (κ2) is 14.2. The first-order valence-corrected chi connectivity index (χ1v) is 13.0. The van der Waals surface area contributed by atoms with Gasteiger partial charge in [-0.05, 0) is 123 Å². The maximum absolute atomic E-state index is 12.0. The first-order chi connectivity index (χ1) is 16.8. The molecule has 10 nitrogen and oxygen atoms in total. The van der Waals surface area contributed by atoms with Crippen molar-refractivity contribution in [1.29, 1.82) is 0 Å². The van der Waals surface area contributed by atoms with Crippen LogP contribution >= 0.6 is 0 Å². The van der Waals surface area contributed by atoms with E-state index < -0.39 is 45.5 Å². The van der Waals surface area contributed by atoms with Crippen molar-refractivity contribution in [2.45, 2.75) is 156 Å². The van der Waals surface area contributed by atoms with E-state index in [2.05, 4.69) is 0 Å². The lowest BCUT2D eigenvalue weighted by atomic mass is 9.94. The Morgan fingerprint density at radius 3 is 0.895 bits per heavy atom. The summed E-state index contributed by atoms with van der Waals surface area (Å²) in [4.78, 5) is 66.1. The highest BCUT2D eigenvalue weighted by Crippen LogP contribution is 2.28. The molecule has 0 N–H and O–H groups in total. The zero-order valence-electron chi connectivity index (χ0n) is 26.1. The summed E-state index contributed by atoms with van der Waals surface area (Å²) in [5.74, 6) is -1.72. The Bertz CT molecular complexity index is 703. The van der Waals surface area contributed by atoms with Gasteiger partial charge in [0, 0.05) is 12.2 Å². The average molecular weight is 549 g/mol. The third-order valence-corrected chi connectivity index (χ3v) is 4.75. The van der Waals surface area contributed by atoms with Crippen LogP contribution in [0, 0.1) is 0 Å². The maximum atomic E-state index is 12.0. The molecule has 0 aliphatic rings. The third-order valence-electron chi connectivity index (χ3n) is 4.75. The predicted octanol–water partition coefficient (Wildman–Crippen LogP) is 6.66. The molecule has 0 fully saturated rings.